The fourth-order valence-corrected chi connectivity index (χ4v) is 2.61. The van der Waals surface area contributed by atoms with Gasteiger partial charge in [-0.1, -0.05) is 65.2 Å². The van der Waals surface area contributed by atoms with E-state index in [2.05, 4.69) is 32.1 Å². The zero-order valence-corrected chi connectivity index (χ0v) is 12.5. The van der Waals surface area contributed by atoms with Gasteiger partial charge in [0.05, 0.1) is 0 Å². The van der Waals surface area contributed by atoms with Gasteiger partial charge < -0.3 is 0 Å². The molecule has 1 aromatic heterocycles. The van der Waals surface area contributed by atoms with Gasteiger partial charge in [0.25, 0.3) is 0 Å². The molecule has 0 aliphatic carbocycles. The van der Waals surface area contributed by atoms with Crippen LogP contribution in [0.2, 0.25) is 0 Å². The highest BCUT2D eigenvalue weighted by atomic mass is 15.2. The van der Waals surface area contributed by atoms with Crippen LogP contribution in [0.5, 0.6) is 0 Å². The lowest BCUT2D eigenvalue weighted by Crippen LogP contribution is -2.09. The van der Waals surface area contributed by atoms with Crippen molar-refractivity contribution >= 4 is 0 Å². The third-order valence-electron chi connectivity index (χ3n) is 3.85. The molecule has 0 saturated carbocycles. The Balaban J connectivity index is 2.40. The smallest absolute Gasteiger partial charge is 0.0492 e. The molecule has 0 amide bonds. The molecule has 0 atom stereocenters. The molecule has 18 heavy (non-hydrogen) atoms. The first-order chi connectivity index (χ1) is 8.77. The van der Waals surface area contributed by atoms with Crippen molar-refractivity contribution in [3.8, 4) is 0 Å². The molecule has 1 aromatic rings. The average Bonchev–Trinajstić information content (AvgIpc) is 2.75. The Labute approximate surface area is 113 Å². The van der Waals surface area contributed by atoms with Gasteiger partial charge in [-0.2, -0.15) is 5.10 Å². The van der Waals surface area contributed by atoms with Crippen LogP contribution < -0.4 is 0 Å². The Bertz CT molecular complexity index is 294. The third kappa shape index (κ3) is 5.70. The van der Waals surface area contributed by atoms with E-state index in [0.29, 0.717) is 0 Å². The van der Waals surface area contributed by atoms with E-state index in [4.69, 9.17) is 0 Å². The van der Waals surface area contributed by atoms with E-state index in [0.717, 1.165) is 5.92 Å². The van der Waals surface area contributed by atoms with E-state index >= 15 is 0 Å². The second-order valence-corrected chi connectivity index (χ2v) is 5.51. The third-order valence-corrected chi connectivity index (χ3v) is 3.85. The molecule has 0 radical (unpaired) electrons. The minimum Gasteiger partial charge on any atom is -0.273 e. The number of aromatic nitrogens is 2. The van der Waals surface area contributed by atoms with E-state index in [1.165, 1.54) is 63.5 Å². The summed E-state index contributed by atoms with van der Waals surface area (Å²) in [6, 6.07) is 2.17. The van der Waals surface area contributed by atoms with E-state index in [9.17, 15) is 0 Å². The number of rotatable bonds is 10. The highest BCUT2D eigenvalue weighted by molar-refractivity contribution is 5.01. The topological polar surface area (TPSA) is 17.8 Å². The van der Waals surface area contributed by atoms with Gasteiger partial charge in [0.1, 0.15) is 0 Å². The zero-order chi connectivity index (χ0) is 13.2. The molecule has 2 heteroatoms. The minimum absolute atomic E-state index is 0.860. The molecule has 0 aromatic carbocycles. The Kier molecular flexibility index (Phi) is 7.79. The average molecular weight is 250 g/mol. The number of hydrogen-bond donors (Lipinski definition) is 0. The van der Waals surface area contributed by atoms with Crippen LogP contribution in [0, 0.1) is 5.92 Å². The summed E-state index contributed by atoms with van der Waals surface area (Å²) >= 11 is 0. The first kappa shape index (κ1) is 15.3. The molecule has 0 fully saturated rings. The van der Waals surface area contributed by atoms with Crippen molar-refractivity contribution in [2.24, 2.45) is 13.0 Å². The first-order valence-corrected chi connectivity index (χ1v) is 7.74. The summed E-state index contributed by atoms with van der Waals surface area (Å²) in [4.78, 5) is 0. The predicted octanol–water partition coefficient (Wildman–Crippen LogP) is 4.74. The molecule has 104 valence electrons. The Hall–Kier alpha value is -0.790. The summed E-state index contributed by atoms with van der Waals surface area (Å²) in [6.45, 7) is 4.57. The maximum atomic E-state index is 4.28. The van der Waals surface area contributed by atoms with Gasteiger partial charge in [0.15, 0.2) is 0 Å². The second-order valence-electron chi connectivity index (χ2n) is 5.51. The number of nitrogens with zero attached hydrogens (tertiary/aromatic N) is 2. The number of aryl methyl sites for hydroxylation is 1. The van der Waals surface area contributed by atoms with Crippen LogP contribution in [0.15, 0.2) is 12.3 Å². The van der Waals surface area contributed by atoms with Crippen LogP contribution in [-0.2, 0) is 13.5 Å². The summed E-state index contributed by atoms with van der Waals surface area (Å²) in [5.41, 5.74) is 1.40. The van der Waals surface area contributed by atoms with Crippen molar-refractivity contribution in [3.05, 3.63) is 18.0 Å². The van der Waals surface area contributed by atoms with Crippen LogP contribution in [0.1, 0.15) is 70.9 Å². The maximum Gasteiger partial charge on any atom is 0.0492 e. The fraction of sp³-hybridized carbons (Fsp3) is 0.812. The standard InChI is InChI=1S/C16H30N2/c1-4-6-8-10-15(11-9-7-5-2)14-16-12-13-17-18(16)3/h12-13,15H,4-11,14H2,1-3H3. The second kappa shape index (κ2) is 9.18. The van der Waals surface area contributed by atoms with E-state index in [1.807, 2.05) is 10.9 Å². The first-order valence-electron chi connectivity index (χ1n) is 7.74. The molecule has 0 unspecified atom stereocenters. The summed E-state index contributed by atoms with van der Waals surface area (Å²) in [7, 11) is 2.06. The quantitative estimate of drug-likeness (QED) is 0.548. The van der Waals surface area contributed by atoms with Gasteiger partial charge in [0.2, 0.25) is 0 Å². The predicted molar refractivity (Wildman–Crippen MR) is 78.7 cm³/mol. The van der Waals surface area contributed by atoms with Gasteiger partial charge in [-0.25, -0.2) is 0 Å². The van der Waals surface area contributed by atoms with Crippen LogP contribution in [0.4, 0.5) is 0 Å². The molecule has 0 bridgehead atoms. The van der Waals surface area contributed by atoms with Gasteiger partial charge >= 0.3 is 0 Å². The van der Waals surface area contributed by atoms with Crippen LogP contribution in [-0.4, -0.2) is 9.78 Å². The van der Waals surface area contributed by atoms with Crippen LogP contribution in [0.25, 0.3) is 0 Å². The fourth-order valence-electron chi connectivity index (χ4n) is 2.61. The van der Waals surface area contributed by atoms with Crippen LogP contribution >= 0.6 is 0 Å². The van der Waals surface area contributed by atoms with Crippen molar-refractivity contribution in [2.45, 2.75) is 71.6 Å². The summed E-state index contributed by atoms with van der Waals surface area (Å²) < 4.78 is 2.03. The minimum atomic E-state index is 0.860. The monoisotopic (exact) mass is 250 g/mol. The molecule has 0 N–H and O–H groups in total. The van der Waals surface area contributed by atoms with Crippen molar-refractivity contribution in [2.75, 3.05) is 0 Å². The normalized spacial score (nSPS) is 11.3. The molecule has 1 rings (SSSR count). The van der Waals surface area contributed by atoms with Crippen LogP contribution in [0.3, 0.4) is 0 Å². The highest BCUT2D eigenvalue weighted by Gasteiger charge is 2.11. The van der Waals surface area contributed by atoms with Crippen molar-refractivity contribution in [3.63, 3.8) is 0 Å². The van der Waals surface area contributed by atoms with Crippen molar-refractivity contribution in [1.29, 1.82) is 0 Å². The maximum absolute atomic E-state index is 4.28. The van der Waals surface area contributed by atoms with E-state index < -0.39 is 0 Å². The molecule has 2 nitrogen and oxygen atoms in total. The number of unbranched alkanes of at least 4 members (excludes halogenated alkanes) is 4. The Morgan fingerprint density at radius 2 is 1.67 bits per heavy atom. The summed E-state index contributed by atoms with van der Waals surface area (Å²) in [5, 5.41) is 4.28. The molecule has 0 aliphatic heterocycles. The molecular weight excluding hydrogens is 220 g/mol. The lowest BCUT2D eigenvalue weighted by molar-refractivity contribution is 0.399. The lowest BCUT2D eigenvalue weighted by Gasteiger charge is -2.16. The van der Waals surface area contributed by atoms with Crippen molar-refractivity contribution in [1.82, 2.24) is 9.78 Å². The van der Waals surface area contributed by atoms with Gasteiger partial charge in [-0.3, -0.25) is 4.68 Å². The van der Waals surface area contributed by atoms with E-state index in [1.54, 1.807) is 0 Å². The SMILES string of the molecule is CCCCCC(CCCCC)Cc1ccnn1C. The van der Waals surface area contributed by atoms with Gasteiger partial charge in [-0.15, -0.1) is 0 Å². The molecule has 0 aliphatic rings. The van der Waals surface area contributed by atoms with Gasteiger partial charge in [-0.05, 0) is 18.4 Å². The Morgan fingerprint density at radius 1 is 1.06 bits per heavy atom. The van der Waals surface area contributed by atoms with E-state index in [-0.39, 0.29) is 0 Å². The molecule has 1 heterocycles. The summed E-state index contributed by atoms with van der Waals surface area (Å²) in [5.74, 6) is 0.860. The largest absolute Gasteiger partial charge is 0.273 e. The lowest BCUT2D eigenvalue weighted by atomic mass is 9.91. The molecule has 0 spiro atoms. The zero-order valence-electron chi connectivity index (χ0n) is 12.5. The molecular formula is C16H30N2. The van der Waals surface area contributed by atoms with Gasteiger partial charge in [0, 0.05) is 18.9 Å². The highest BCUT2D eigenvalue weighted by Crippen LogP contribution is 2.21. The number of hydrogen-bond acceptors (Lipinski definition) is 1. The summed E-state index contributed by atoms with van der Waals surface area (Å²) in [6.07, 6.45) is 14.1. The van der Waals surface area contributed by atoms with Crippen molar-refractivity contribution < 1.29 is 0 Å². The molecule has 0 saturated heterocycles. The Morgan fingerprint density at radius 3 is 2.11 bits per heavy atom.